The Bertz CT molecular complexity index is 839. The van der Waals surface area contributed by atoms with Gasteiger partial charge in [-0.15, -0.1) is 0 Å². The van der Waals surface area contributed by atoms with Gasteiger partial charge in [0.15, 0.2) is 0 Å². The molecule has 0 bridgehead atoms. The lowest BCUT2D eigenvalue weighted by atomic mass is 9.91. The van der Waals surface area contributed by atoms with Gasteiger partial charge in [-0.2, -0.15) is 0 Å². The highest BCUT2D eigenvalue weighted by atomic mass is 14.8. The predicted molar refractivity (Wildman–Crippen MR) is 113 cm³/mol. The number of nitrogens with zero attached hydrogens (tertiary/aromatic N) is 1. The molecule has 132 valence electrons. The van der Waals surface area contributed by atoms with E-state index in [0.29, 0.717) is 5.92 Å². The molecule has 1 heteroatoms. The van der Waals surface area contributed by atoms with Crippen molar-refractivity contribution in [3.63, 3.8) is 0 Å². The van der Waals surface area contributed by atoms with Crippen LogP contribution in [0.4, 0.5) is 0 Å². The molecule has 2 aromatic rings. The molecular formula is C25H27N. The summed E-state index contributed by atoms with van der Waals surface area (Å²) < 4.78 is 0. The highest BCUT2D eigenvalue weighted by Gasteiger charge is 2.21. The van der Waals surface area contributed by atoms with E-state index in [1.807, 2.05) is 18.2 Å². The van der Waals surface area contributed by atoms with Gasteiger partial charge in [-0.3, -0.25) is 4.99 Å². The Balaban J connectivity index is 1.83. The number of aliphatic imine (C=N–C) groups is 1. The average Bonchev–Trinajstić information content (AvgIpc) is 3.05. The first kappa shape index (κ1) is 18.1. The lowest BCUT2D eigenvalue weighted by Gasteiger charge is -2.15. The van der Waals surface area contributed by atoms with Crippen LogP contribution in [0.15, 0.2) is 96.0 Å². The molecule has 2 atom stereocenters. The molecule has 3 rings (SSSR count). The van der Waals surface area contributed by atoms with Gasteiger partial charge in [0.2, 0.25) is 0 Å². The van der Waals surface area contributed by atoms with Crippen LogP contribution in [0, 0.1) is 5.92 Å². The van der Waals surface area contributed by atoms with Crippen molar-refractivity contribution in [3.05, 3.63) is 108 Å². The SMILES string of the molecule is C=C/C=C\CC(C)Cc1ccccc1C1C=C(C)C(c2ccccc2)=N1. The standard InChI is InChI=1S/C25H27N/c1-4-5-7-12-19(2)17-22-15-10-11-16-23(22)24-18-20(3)25(26-24)21-13-8-6-9-14-21/h4-11,13-16,18-19,24H,1,12,17H2,2-3H3/b7-5-. The molecular weight excluding hydrogens is 314 g/mol. The second-order valence-corrected chi connectivity index (χ2v) is 7.05. The van der Waals surface area contributed by atoms with Crippen LogP contribution in [0.5, 0.6) is 0 Å². The van der Waals surface area contributed by atoms with Crippen molar-refractivity contribution in [3.8, 4) is 0 Å². The van der Waals surface area contributed by atoms with Crippen LogP contribution in [-0.2, 0) is 6.42 Å². The van der Waals surface area contributed by atoms with E-state index in [-0.39, 0.29) is 6.04 Å². The van der Waals surface area contributed by atoms with Gasteiger partial charge in [-0.05, 0) is 47.9 Å². The van der Waals surface area contributed by atoms with Crippen molar-refractivity contribution in [2.45, 2.75) is 32.7 Å². The fraction of sp³-hybridized carbons (Fsp3) is 0.240. The molecule has 1 aliphatic rings. The maximum Gasteiger partial charge on any atom is 0.0946 e. The maximum atomic E-state index is 5.05. The quantitative estimate of drug-likeness (QED) is 0.511. The molecule has 0 fully saturated rings. The number of allylic oxidation sites excluding steroid dienone is 4. The maximum absolute atomic E-state index is 5.05. The first-order valence-corrected chi connectivity index (χ1v) is 9.36. The van der Waals surface area contributed by atoms with Crippen LogP contribution in [0.1, 0.15) is 43.0 Å². The Morgan fingerprint density at radius 3 is 2.58 bits per heavy atom. The van der Waals surface area contributed by atoms with Crippen molar-refractivity contribution in [1.29, 1.82) is 0 Å². The molecule has 0 aromatic heterocycles. The lowest BCUT2D eigenvalue weighted by Crippen LogP contribution is -2.04. The monoisotopic (exact) mass is 341 g/mol. The third-order valence-electron chi connectivity index (χ3n) is 4.85. The average molecular weight is 341 g/mol. The minimum Gasteiger partial charge on any atom is -0.272 e. The Labute approximate surface area is 157 Å². The Morgan fingerprint density at radius 2 is 1.81 bits per heavy atom. The van der Waals surface area contributed by atoms with Gasteiger partial charge in [0, 0.05) is 0 Å². The van der Waals surface area contributed by atoms with Gasteiger partial charge in [0.1, 0.15) is 0 Å². The van der Waals surface area contributed by atoms with Crippen molar-refractivity contribution < 1.29 is 0 Å². The van der Waals surface area contributed by atoms with Crippen LogP contribution in [-0.4, -0.2) is 5.71 Å². The summed E-state index contributed by atoms with van der Waals surface area (Å²) in [6.07, 6.45) is 10.5. The Hall–Kier alpha value is -2.67. The van der Waals surface area contributed by atoms with Crippen LogP contribution >= 0.6 is 0 Å². The van der Waals surface area contributed by atoms with Crippen LogP contribution in [0.25, 0.3) is 0 Å². The number of benzene rings is 2. The summed E-state index contributed by atoms with van der Waals surface area (Å²) in [5.41, 5.74) is 6.31. The third-order valence-corrected chi connectivity index (χ3v) is 4.85. The fourth-order valence-corrected chi connectivity index (χ4v) is 3.53. The van der Waals surface area contributed by atoms with E-state index in [4.69, 9.17) is 4.99 Å². The molecule has 0 saturated carbocycles. The summed E-state index contributed by atoms with van der Waals surface area (Å²) in [6.45, 7) is 8.21. The Morgan fingerprint density at radius 1 is 1.08 bits per heavy atom. The zero-order chi connectivity index (χ0) is 18.4. The number of rotatable bonds is 7. The Kier molecular flexibility index (Phi) is 6.01. The summed E-state index contributed by atoms with van der Waals surface area (Å²) in [7, 11) is 0. The van der Waals surface area contributed by atoms with Gasteiger partial charge in [-0.1, -0.05) is 92.4 Å². The summed E-state index contributed by atoms with van der Waals surface area (Å²) >= 11 is 0. The van der Waals surface area contributed by atoms with Gasteiger partial charge < -0.3 is 0 Å². The van der Waals surface area contributed by atoms with E-state index in [1.165, 1.54) is 22.3 Å². The molecule has 0 amide bonds. The molecule has 1 aliphatic heterocycles. The number of hydrogen-bond acceptors (Lipinski definition) is 1. The van der Waals surface area contributed by atoms with Gasteiger partial charge in [-0.25, -0.2) is 0 Å². The van der Waals surface area contributed by atoms with E-state index in [1.54, 1.807) is 0 Å². The normalized spacial score (nSPS) is 17.8. The molecule has 0 spiro atoms. The van der Waals surface area contributed by atoms with Gasteiger partial charge in [0.25, 0.3) is 0 Å². The minimum atomic E-state index is 0.123. The molecule has 1 heterocycles. The predicted octanol–water partition coefficient (Wildman–Crippen LogP) is 6.49. The first-order valence-electron chi connectivity index (χ1n) is 9.36. The molecule has 0 radical (unpaired) electrons. The van der Waals surface area contributed by atoms with Crippen LogP contribution < -0.4 is 0 Å². The summed E-state index contributed by atoms with van der Waals surface area (Å²) in [5, 5.41) is 0. The molecule has 2 unspecified atom stereocenters. The molecule has 0 aliphatic carbocycles. The van der Waals surface area contributed by atoms with E-state index in [9.17, 15) is 0 Å². The molecule has 26 heavy (non-hydrogen) atoms. The second kappa shape index (κ2) is 8.62. The van der Waals surface area contributed by atoms with Crippen molar-refractivity contribution >= 4 is 5.71 Å². The van der Waals surface area contributed by atoms with E-state index in [0.717, 1.165) is 18.6 Å². The first-order chi connectivity index (χ1) is 12.7. The summed E-state index contributed by atoms with van der Waals surface area (Å²) in [5.74, 6) is 0.594. The van der Waals surface area contributed by atoms with Crippen LogP contribution in [0.3, 0.4) is 0 Å². The van der Waals surface area contributed by atoms with Crippen molar-refractivity contribution in [2.24, 2.45) is 10.9 Å². The lowest BCUT2D eigenvalue weighted by molar-refractivity contribution is 0.585. The van der Waals surface area contributed by atoms with E-state index < -0.39 is 0 Å². The molecule has 2 aromatic carbocycles. The molecule has 0 N–H and O–H groups in total. The van der Waals surface area contributed by atoms with Gasteiger partial charge >= 0.3 is 0 Å². The zero-order valence-corrected chi connectivity index (χ0v) is 15.7. The number of hydrogen-bond donors (Lipinski definition) is 0. The minimum absolute atomic E-state index is 0.123. The van der Waals surface area contributed by atoms with E-state index in [2.05, 4.69) is 81.1 Å². The smallest absolute Gasteiger partial charge is 0.0946 e. The van der Waals surface area contributed by atoms with Crippen LogP contribution in [0.2, 0.25) is 0 Å². The van der Waals surface area contributed by atoms with Crippen molar-refractivity contribution in [1.82, 2.24) is 0 Å². The summed E-state index contributed by atoms with van der Waals surface area (Å²) in [6, 6.07) is 19.3. The largest absolute Gasteiger partial charge is 0.272 e. The molecule has 1 nitrogen and oxygen atoms in total. The zero-order valence-electron chi connectivity index (χ0n) is 15.7. The molecule has 0 saturated heterocycles. The summed E-state index contributed by atoms with van der Waals surface area (Å²) in [4.78, 5) is 5.05. The fourth-order valence-electron chi connectivity index (χ4n) is 3.53. The second-order valence-electron chi connectivity index (χ2n) is 7.05. The van der Waals surface area contributed by atoms with E-state index >= 15 is 0 Å². The topological polar surface area (TPSA) is 12.4 Å². The van der Waals surface area contributed by atoms with Crippen molar-refractivity contribution in [2.75, 3.05) is 0 Å². The highest BCUT2D eigenvalue weighted by Crippen LogP contribution is 2.32. The third kappa shape index (κ3) is 4.29. The van der Waals surface area contributed by atoms with Gasteiger partial charge in [0.05, 0.1) is 11.8 Å². The highest BCUT2D eigenvalue weighted by molar-refractivity contribution is 6.13.